The van der Waals surface area contributed by atoms with E-state index in [1.54, 1.807) is 0 Å². The van der Waals surface area contributed by atoms with Crippen molar-refractivity contribution in [3.05, 3.63) is 30.0 Å². The van der Waals surface area contributed by atoms with E-state index in [0.717, 1.165) is 38.3 Å². The van der Waals surface area contributed by atoms with E-state index in [-0.39, 0.29) is 6.61 Å². The van der Waals surface area contributed by atoms with Crippen molar-refractivity contribution < 1.29 is 5.11 Å². The number of rotatable bonds is 7. The molecule has 2 rings (SSSR count). The normalized spacial score (nSPS) is 11.6. The summed E-state index contributed by atoms with van der Waals surface area (Å²) in [6, 6.07) is 8.39. The van der Waals surface area contributed by atoms with Crippen LogP contribution in [0.4, 0.5) is 0 Å². The van der Waals surface area contributed by atoms with Gasteiger partial charge in [-0.25, -0.2) is 0 Å². The Labute approximate surface area is 114 Å². The number of aliphatic hydroxyl groups is 1. The molecule has 4 nitrogen and oxygen atoms in total. The average molecular weight is 261 g/mol. The number of aryl methyl sites for hydroxylation is 1. The summed E-state index contributed by atoms with van der Waals surface area (Å²) < 4.78 is 2.06. The van der Waals surface area contributed by atoms with Crippen LogP contribution in [0, 0.1) is 0 Å². The number of hydrogen-bond donors (Lipinski definition) is 1. The minimum atomic E-state index is 0.251. The average Bonchev–Trinajstić information content (AvgIpc) is 2.81. The molecule has 2 aromatic rings. The molecule has 0 aliphatic carbocycles. The van der Waals surface area contributed by atoms with Gasteiger partial charge in [-0.3, -0.25) is 9.58 Å². The van der Waals surface area contributed by atoms with Crippen LogP contribution in [-0.4, -0.2) is 39.5 Å². The van der Waals surface area contributed by atoms with Crippen LogP contribution >= 0.6 is 0 Å². The zero-order chi connectivity index (χ0) is 13.7. The third-order valence-electron chi connectivity index (χ3n) is 3.49. The van der Waals surface area contributed by atoms with Crippen LogP contribution in [0.15, 0.2) is 24.3 Å². The van der Waals surface area contributed by atoms with Crippen molar-refractivity contribution >= 4 is 10.9 Å². The molecule has 0 bridgehead atoms. The fourth-order valence-corrected chi connectivity index (χ4v) is 2.41. The Bertz CT molecular complexity index is 521. The van der Waals surface area contributed by atoms with Crippen LogP contribution < -0.4 is 0 Å². The summed E-state index contributed by atoms with van der Waals surface area (Å²) in [6.45, 7) is 8.16. The van der Waals surface area contributed by atoms with Gasteiger partial charge in [-0.1, -0.05) is 25.1 Å². The second-order valence-electron chi connectivity index (χ2n) is 4.73. The van der Waals surface area contributed by atoms with E-state index in [2.05, 4.69) is 47.7 Å². The number of fused-ring (bicyclic) bond motifs is 1. The molecule has 1 N–H and O–H groups in total. The van der Waals surface area contributed by atoms with Crippen LogP contribution in [0.3, 0.4) is 0 Å². The summed E-state index contributed by atoms with van der Waals surface area (Å²) in [5, 5.41) is 14.9. The first kappa shape index (κ1) is 14.0. The molecule has 104 valence electrons. The van der Waals surface area contributed by atoms with Crippen molar-refractivity contribution in [1.82, 2.24) is 14.7 Å². The predicted molar refractivity (Wildman–Crippen MR) is 78.1 cm³/mol. The van der Waals surface area contributed by atoms with E-state index in [1.165, 1.54) is 10.9 Å². The highest BCUT2D eigenvalue weighted by Gasteiger charge is 2.12. The van der Waals surface area contributed by atoms with E-state index in [0.29, 0.717) is 0 Å². The van der Waals surface area contributed by atoms with Crippen molar-refractivity contribution in [3.63, 3.8) is 0 Å². The molecule has 0 fully saturated rings. The number of benzene rings is 1. The molecule has 0 aliphatic heterocycles. The van der Waals surface area contributed by atoms with Gasteiger partial charge in [0.15, 0.2) is 0 Å². The lowest BCUT2D eigenvalue weighted by Gasteiger charge is -2.18. The molecular formula is C15H23N3O. The largest absolute Gasteiger partial charge is 0.396 e. The van der Waals surface area contributed by atoms with Crippen LogP contribution in [0.25, 0.3) is 10.9 Å². The SMILES string of the molecule is CCN(CCCO)Cc1nn(CC)c2ccccc12. The number of para-hydroxylation sites is 1. The van der Waals surface area contributed by atoms with Crippen molar-refractivity contribution in [1.29, 1.82) is 0 Å². The molecule has 1 heterocycles. The quantitative estimate of drug-likeness (QED) is 0.831. The highest BCUT2D eigenvalue weighted by Crippen LogP contribution is 2.19. The molecule has 19 heavy (non-hydrogen) atoms. The van der Waals surface area contributed by atoms with Crippen LogP contribution in [-0.2, 0) is 13.1 Å². The van der Waals surface area contributed by atoms with Crippen molar-refractivity contribution in [2.75, 3.05) is 19.7 Å². The molecule has 1 aromatic carbocycles. The first-order valence-corrected chi connectivity index (χ1v) is 7.07. The first-order chi connectivity index (χ1) is 9.30. The maximum Gasteiger partial charge on any atom is 0.0843 e. The van der Waals surface area contributed by atoms with Gasteiger partial charge in [-0.05, 0) is 26.0 Å². The summed E-state index contributed by atoms with van der Waals surface area (Å²) in [4.78, 5) is 2.32. The molecular weight excluding hydrogens is 238 g/mol. The van der Waals surface area contributed by atoms with Crippen LogP contribution in [0.5, 0.6) is 0 Å². The summed E-state index contributed by atoms with van der Waals surface area (Å²) in [5.74, 6) is 0. The molecule has 0 atom stereocenters. The molecule has 0 saturated heterocycles. The van der Waals surface area contributed by atoms with Gasteiger partial charge in [0.05, 0.1) is 11.2 Å². The standard InChI is InChI=1S/C15H23N3O/c1-3-17(10-7-11-19)12-14-13-8-5-6-9-15(13)18(4-2)16-14/h5-6,8-9,19H,3-4,7,10-12H2,1-2H3. The Hall–Kier alpha value is -1.39. The van der Waals surface area contributed by atoms with Gasteiger partial charge in [-0.2, -0.15) is 5.10 Å². The maximum atomic E-state index is 8.94. The van der Waals surface area contributed by atoms with Crippen molar-refractivity contribution in [2.24, 2.45) is 0 Å². The molecule has 0 radical (unpaired) electrons. The minimum absolute atomic E-state index is 0.251. The van der Waals surface area contributed by atoms with E-state index in [4.69, 9.17) is 10.2 Å². The Morgan fingerprint density at radius 3 is 2.74 bits per heavy atom. The second-order valence-corrected chi connectivity index (χ2v) is 4.73. The second kappa shape index (κ2) is 6.68. The Morgan fingerprint density at radius 1 is 1.26 bits per heavy atom. The van der Waals surface area contributed by atoms with Gasteiger partial charge in [0.2, 0.25) is 0 Å². The monoisotopic (exact) mass is 261 g/mol. The van der Waals surface area contributed by atoms with E-state index in [9.17, 15) is 0 Å². The maximum absolute atomic E-state index is 8.94. The number of aromatic nitrogens is 2. The zero-order valence-corrected chi connectivity index (χ0v) is 11.8. The highest BCUT2D eigenvalue weighted by molar-refractivity contribution is 5.81. The minimum Gasteiger partial charge on any atom is -0.396 e. The molecule has 4 heteroatoms. The smallest absolute Gasteiger partial charge is 0.0843 e. The third kappa shape index (κ3) is 3.14. The highest BCUT2D eigenvalue weighted by atomic mass is 16.3. The lowest BCUT2D eigenvalue weighted by molar-refractivity contribution is 0.224. The summed E-state index contributed by atoms with van der Waals surface area (Å²) in [5.41, 5.74) is 2.34. The molecule has 0 amide bonds. The molecule has 0 saturated carbocycles. The first-order valence-electron chi connectivity index (χ1n) is 7.07. The molecule has 0 spiro atoms. The predicted octanol–water partition coefficient (Wildman–Crippen LogP) is 2.26. The summed E-state index contributed by atoms with van der Waals surface area (Å²) in [7, 11) is 0. The van der Waals surface area contributed by atoms with Gasteiger partial charge in [-0.15, -0.1) is 0 Å². The molecule has 0 aliphatic rings. The van der Waals surface area contributed by atoms with Crippen molar-refractivity contribution in [3.8, 4) is 0 Å². The fraction of sp³-hybridized carbons (Fsp3) is 0.533. The lowest BCUT2D eigenvalue weighted by atomic mass is 10.2. The van der Waals surface area contributed by atoms with Gasteiger partial charge < -0.3 is 5.11 Å². The molecule has 0 unspecified atom stereocenters. The summed E-state index contributed by atoms with van der Waals surface area (Å²) in [6.07, 6.45) is 0.820. The van der Waals surface area contributed by atoms with Crippen LogP contribution in [0.2, 0.25) is 0 Å². The number of aliphatic hydroxyl groups excluding tert-OH is 1. The topological polar surface area (TPSA) is 41.3 Å². The Morgan fingerprint density at radius 2 is 2.05 bits per heavy atom. The van der Waals surface area contributed by atoms with E-state index < -0.39 is 0 Å². The third-order valence-corrected chi connectivity index (χ3v) is 3.49. The number of nitrogens with zero attached hydrogens (tertiary/aromatic N) is 3. The van der Waals surface area contributed by atoms with Gasteiger partial charge >= 0.3 is 0 Å². The van der Waals surface area contributed by atoms with Gasteiger partial charge in [0.1, 0.15) is 0 Å². The van der Waals surface area contributed by atoms with E-state index in [1.807, 2.05) is 0 Å². The van der Waals surface area contributed by atoms with E-state index >= 15 is 0 Å². The zero-order valence-electron chi connectivity index (χ0n) is 11.8. The van der Waals surface area contributed by atoms with Gasteiger partial charge in [0.25, 0.3) is 0 Å². The Balaban J connectivity index is 2.24. The van der Waals surface area contributed by atoms with Gasteiger partial charge in [0, 0.05) is 31.6 Å². The van der Waals surface area contributed by atoms with Crippen LogP contribution in [0.1, 0.15) is 26.0 Å². The lowest BCUT2D eigenvalue weighted by Crippen LogP contribution is -2.25. The number of hydrogen-bond acceptors (Lipinski definition) is 3. The van der Waals surface area contributed by atoms with Crippen molar-refractivity contribution in [2.45, 2.75) is 33.4 Å². The Kier molecular flexibility index (Phi) is 4.93. The summed E-state index contributed by atoms with van der Waals surface area (Å²) >= 11 is 0. The molecule has 1 aromatic heterocycles. The fourth-order valence-electron chi connectivity index (χ4n) is 2.41.